The van der Waals surface area contributed by atoms with Crippen molar-refractivity contribution in [3.63, 3.8) is 0 Å². The first kappa shape index (κ1) is 26.6. The fraction of sp³-hybridized carbons (Fsp3) is 0.320. The summed E-state index contributed by atoms with van der Waals surface area (Å²) in [5, 5.41) is 5.71. The molecular weight excluding hydrogens is 518 g/mol. The lowest BCUT2D eigenvalue weighted by atomic mass is 10.1. The van der Waals surface area contributed by atoms with Gasteiger partial charge in [0.05, 0.1) is 48.0 Å². The highest BCUT2D eigenvalue weighted by Crippen LogP contribution is 2.32. The number of anilines is 4. The number of amides is 1. The molecule has 0 unspecified atom stereocenters. The zero-order valence-corrected chi connectivity index (χ0v) is 22.3. The number of nitrogens with zero attached hydrogens (tertiary/aromatic N) is 3. The number of hydrogen-bond donors (Lipinski definition) is 2. The summed E-state index contributed by atoms with van der Waals surface area (Å²) in [5.74, 6) is 0.753. The van der Waals surface area contributed by atoms with Gasteiger partial charge in [-0.15, -0.1) is 0 Å². The summed E-state index contributed by atoms with van der Waals surface area (Å²) in [6.07, 6.45) is 1.40. The van der Waals surface area contributed by atoms with Crippen LogP contribution in [0.3, 0.4) is 0 Å². The molecule has 0 saturated carbocycles. The topological polar surface area (TPSA) is 123 Å². The lowest BCUT2D eigenvalue weighted by Gasteiger charge is -2.27. The summed E-state index contributed by atoms with van der Waals surface area (Å²) in [6.45, 7) is 5.35. The number of methoxy groups -OCH3 is 1. The first-order valence-corrected chi connectivity index (χ1v) is 13.6. The fourth-order valence-corrected chi connectivity index (χ4v) is 5.05. The first-order chi connectivity index (χ1) is 17.7. The largest absolute Gasteiger partial charge is 0.495 e. The lowest BCUT2D eigenvalue weighted by molar-refractivity contribution is 0.0302. The highest BCUT2D eigenvalue weighted by Gasteiger charge is 2.23. The van der Waals surface area contributed by atoms with Gasteiger partial charge in [0.1, 0.15) is 10.8 Å². The Hall–Kier alpha value is -3.41. The van der Waals surface area contributed by atoms with Crippen molar-refractivity contribution in [2.45, 2.75) is 24.0 Å². The van der Waals surface area contributed by atoms with E-state index in [1.807, 2.05) is 0 Å². The summed E-state index contributed by atoms with van der Waals surface area (Å²) in [6, 6.07) is 11.6. The minimum absolute atomic E-state index is 0.0996. The molecule has 37 heavy (non-hydrogen) atoms. The number of aromatic nitrogens is 2. The molecule has 2 N–H and O–H groups in total. The molecule has 12 heteroatoms. The van der Waals surface area contributed by atoms with Crippen LogP contribution in [0.5, 0.6) is 5.75 Å². The van der Waals surface area contributed by atoms with Crippen LogP contribution in [0.2, 0.25) is 5.02 Å². The second-order valence-corrected chi connectivity index (χ2v) is 11.4. The summed E-state index contributed by atoms with van der Waals surface area (Å²) in [5.41, 5.74) is 1.38. The quantitative estimate of drug-likeness (QED) is 0.427. The number of benzene rings is 2. The molecule has 4 rings (SSSR count). The number of morpholine rings is 1. The van der Waals surface area contributed by atoms with Crippen molar-refractivity contribution in [1.82, 2.24) is 14.9 Å². The third-order valence-corrected chi connectivity index (χ3v) is 8.29. The molecule has 1 aromatic heterocycles. The fourth-order valence-electron chi connectivity index (χ4n) is 3.71. The number of sulfone groups is 1. The molecular formula is C25H28ClN5O5S. The van der Waals surface area contributed by atoms with Crippen molar-refractivity contribution >= 4 is 50.5 Å². The predicted molar refractivity (Wildman–Crippen MR) is 142 cm³/mol. The summed E-state index contributed by atoms with van der Waals surface area (Å²) in [7, 11) is -2.04. The Bertz CT molecular complexity index is 1390. The maximum absolute atomic E-state index is 12.8. The second kappa shape index (κ2) is 11.3. The molecule has 0 aliphatic carbocycles. The van der Waals surface area contributed by atoms with E-state index in [0.29, 0.717) is 49.0 Å². The Morgan fingerprint density at radius 3 is 2.54 bits per heavy atom. The molecule has 10 nitrogen and oxygen atoms in total. The van der Waals surface area contributed by atoms with Crippen molar-refractivity contribution < 1.29 is 22.7 Å². The third-order valence-electron chi connectivity index (χ3n) is 5.80. The molecule has 0 spiro atoms. The van der Waals surface area contributed by atoms with Crippen molar-refractivity contribution in [1.29, 1.82) is 0 Å². The molecule has 196 valence electrons. The summed E-state index contributed by atoms with van der Waals surface area (Å²) in [4.78, 5) is 23.4. The van der Waals surface area contributed by atoms with Crippen molar-refractivity contribution in [2.24, 2.45) is 0 Å². The van der Waals surface area contributed by atoms with Crippen LogP contribution >= 0.6 is 11.6 Å². The SMILES string of the molecule is COc1cc(C(=O)N2CCOCC2)ccc1Nc1ncc(Cl)c(Nc2ccccc2S(=O)(=O)C(C)C)n1. The molecule has 1 aliphatic rings. The number of nitrogens with one attached hydrogen (secondary N) is 2. The first-order valence-electron chi connectivity index (χ1n) is 11.6. The van der Waals surface area contributed by atoms with Gasteiger partial charge in [-0.3, -0.25) is 4.79 Å². The highest BCUT2D eigenvalue weighted by atomic mass is 35.5. The van der Waals surface area contributed by atoms with E-state index in [1.165, 1.54) is 19.4 Å². The Kier molecular flexibility index (Phi) is 8.16. The number of carbonyl (C=O) groups is 1. The number of rotatable bonds is 8. The van der Waals surface area contributed by atoms with E-state index in [1.54, 1.807) is 55.1 Å². The Balaban J connectivity index is 1.58. The Labute approximate surface area is 220 Å². The molecule has 1 amide bonds. The van der Waals surface area contributed by atoms with Gasteiger partial charge in [-0.2, -0.15) is 4.98 Å². The third kappa shape index (κ3) is 5.95. The van der Waals surface area contributed by atoms with Gasteiger partial charge in [-0.05, 0) is 44.2 Å². The van der Waals surface area contributed by atoms with Gasteiger partial charge in [-0.1, -0.05) is 23.7 Å². The van der Waals surface area contributed by atoms with Crippen LogP contribution in [0, 0.1) is 0 Å². The zero-order chi connectivity index (χ0) is 26.6. The van der Waals surface area contributed by atoms with E-state index in [2.05, 4.69) is 20.6 Å². The van der Waals surface area contributed by atoms with Crippen molar-refractivity contribution in [2.75, 3.05) is 44.0 Å². The molecule has 1 saturated heterocycles. The molecule has 0 radical (unpaired) electrons. The smallest absolute Gasteiger partial charge is 0.254 e. The van der Waals surface area contributed by atoms with Crippen LogP contribution in [0.1, 0.15) is 24.2 Å². The van der Waals surface area contributed by atoms with E-state index in [4.69, 9.17) is 21.1 Å². The number of hydrogen-bond acceptors (Lipinski definition) is 9. The van der Waals surface area contributed by atoms with E-state index in [-0.39, 0.29) is 27.6 Å². The Morgan fingerprint density at radius 2 is 1.84 bits per heavy atom. The molecule has 2 heterocycles. The van der Waals surface area contributed by atoms with Gasteiger partial charge in [0.25, 0.3) is 5.91 Å². The van der Waals surface area contributed by atoms with E-state index < -0.39 is 15.1 Å². The van der Waals surface area contributed by atoms with Crippen LogP contribution in [0.25, 0.3) is 0 Å². The van der Waals surface area contributed by atoms with Gasteiger partial charge in [-0.25, -0.2) is 13.4 Å². The zero-order valence-electron chi connectivity index (χ0n) is 20.7. The average molecular weight is 546 g/mol. The van der Waals surface area contributed by atoms with Gasteiger partial charge >= 0.3 is 0 Å². The number of ether oxygens (including phenoxy) is 2. The van der Waals surface area contributed by atoms with Crippen molar-refractivity contribution in [3.8, 4) is 5.75 Å². The standard InChI is InChI=1S/C25H28ClN5O5S/c1-16(2)37(33,34)22-7-5-4-6-20(22)28-23-18(26)15-27-25(30-23)29-19-9-8-17(14-21(19)35-3)24(32)31-10-12-36-13-11-31/h4-9,14-16H,10-13H2,1-3H3,(H2,27,28,29,30). The molecule has 3 aromatic rings. The summed E-state index contributed by atoms with van der Waals surface area (Å²) < 4.78 is 36.5. The predicted octanol–water partition coefficient (Wildman–Crippen LogP) is 4.28. The molecule has 0 atom stereocenters. The maximum atomic E-state index is 12.8. The Morgan fingerprint density at radius 1 is 1.11 bits per heavy atom. The van der Waals surface area contributed by atoms with Gasteiger partial charge in [0.15, 0.2) is 15.7 Å². The van der Waals surface area contributed by atoms with Crippen LogP contribution in [0.15, 0.2) is 53.6 Å². The van der Waals surface area contributed by atoms with E-state index in [9.17, 15) is 13.2 Å². The minimum atomic E-state index is -3.55. The molecule has 0 bridgehead atoms. The second-order valence-electron chi connectivity index (χ2n) is 8.55. The minimum Gasteiger partial charge on any atom is -0.495 e. The molecule has 1 fully saturated rings. The molecule has 1 aliphatic heterocycles. The van der Waals surface area contributed by atoms with E-state index in [0.717, 1.165) is 0 Å². The van der Waals surface area contributed by atoms with Gasteiger partial charge in [0, 0.05) is 18.7 Å². The van der Waals surface area contributed by atoms with Crippen LogP contribution in [-0.4, -0.2) is 67.9 Å². The normalized spacial score (nSPS) is 13.9. The van der Waals surface area contributed by atoms with Gasteiger partial charge < -0.3 is 25.0 Å². The number of para-hydroxylation sites is 1. The summed E-state index contributed by atoms with van der Waals surface area (Å²) >= 11 is 6.33. The van der Waals surface area contributed by atoms with E-state index >= 15 is 0 Å². The van der Waals surface area contributed by atoms with Crippen molar-refractivity contribution in [3.05, 3.63) is 59.2 Å². The van der Waals surface area contributed by atoms with Crippen LogP contribution < -0.4 is 15.4 Å². The number of carbonyl (C=O) groups excluding carboxylic acids is 1. The average Bonchev–Trinajstić information content (AvgIpc) is 2.91. The lowest BCUT2D eigenvalue weighted by Crippen LogP contribution is -2.40. The van der Waals surface area contributed by atoms with Gasteiger partial charge in [0.2, 0.25) is 5.95 Å². The number of halogens is 1. The van der Waals surface area contributed by atoms with Crippen LogP contribution in [0.4, 0.5) is 23.1 Å². The molecule has 2 aromatic carbocycles. The monoisotopic (exact) mass is 545 g/mol. The highest BCUT2D eigenvalue weighted by molar-refractivity contribution is 7.92. The maximum Gasteiger partial charge on any atom is 0.254 e. The van der Waals surface area contributed by atoms with Crippen LogP contribution in [-0.2, 0) is 14.6 Å².